The first-order valence-electron chi connectivity index (χ1n) is 6.44. The number of aliphatic hydroxyl groups is 1. The molecular formula is C14H17F3O2. The third-order valence-electron chi connectivity index (χ3n) is 3.35. The molecule has 1 aromatic rings. The molecule has 0 saturated carbocycles. The van der Waals surface area contributed by atoms with Crippen LogP contribution in [0.3, 0.4) is 0 Å². The van der Waals surface area contributed by atoms with E-state index >= 15 is 0 Å². The van der Waals surface area contributed by atoms with Crippen molar-refractivity contribution in [3.63, 3.8) is 0 Å². The zero-order valence-electron chi connectivity index (χ0n) is 10.7. The van der Waals surface area contributed by atoms with Crippen molar-refractivity contribution in [1.82, 2.24) is 0 Å². The van der Waals surface area contributed by atoms with Gasteiger partial charge in [-0.25, -0.2) is 0 Å². The Kier molecular flexibility index (Phi) is 4.16. The van der Waals surface area contributed by atoms with Gasteiger partial charge in [-0.1, -0.05) is 31.9 Å². The Bertz CT molecular complexity index is 414. The van der Waals surface area contributed by atoms with Gasteiger partial charge in [-0.2, -0.15) is 13.2 Å². The van der Waals surface area contributed by atoms with Gasteiger partial charge in [0.05, 0.1) is 11.7 Å². The summed E-state index contributed by atoms with van der Waals surface area (Å²) in [5, 5.41) is 10.0. The van der Waals surface area contributed by atoms with Gasteiger partial charge < -0.3 is 9.84 Å². The zero-order chi connectivity index (χ0) is 14.0. The van der Waals surface area contributed by atoms with E-state index in [9.17, 15) is 18.3 Å². The van der Waals surface area contributed by atoms with Crippen LogP contribution in [0.1, 0.15) is 43.4 Å². The molecule has 0 radical (unpaired) electrons. The maximum atomic E-state index is 12.4. The summed E-state index contributed by atoms with van der Waals surface area (Å²) in [5.41, 5.74) is -0.236. The highest BCUT2D eigenvalue weighted by molar-refractivity contribution is 5.27. The van der Waals surface area contributed by atoms with Gasteiger partial charge in [0.2, 0.25) is 0 Å². The normalized spacial score (nSPS) is 24.3. The molecule has 0 aromatic heterocycles. The van der Waals surface area contributed by atoms with Crippen molar-refractivity contribution in [2.75, 3.05) is 0 Å². The van der Waals surface area contributed by atoms with Crippen LogP contribution >= 0.6 is 0 Å². The van der Waals surface area contributed by atoms with E-state index in [-0.39, 0.29) is 12.2 Å². The highest BCUT2D eigenvalue weighted by Gasteiger charge is 2.44. The van der Waals surface area contributed by atoms with Gasteiger partial charge in [0.1, 0.15) is 12.2 Å². The number of halogens is 3. The summed E-state index contributed by atoms with van der Waals surface area (Å²) in [6, 6.07) is 4.60. The van der Waals surface area contributed by atoms with Crippen LogP contribution in [0.2, 0.25) is 0 Å². The fraction of sp³-hybridized carbons (Fsp3) is 0.571. The molecule has 3 atom stereocenters. The van der Waals surface area contributed by atoms with Crippen LogP contribution in [-0.4, -0.2) is 17.3 Å². The first-order chi connectivity index (χ1) is 8.93. The molecule has 0 spiro atoms. The number of rotatable bonds is 5. The van der Waals surface area contributed by atoms with Gasteiger partial charge in [0, 0.05) is 0 Å². The van der Waals surface area contributed by atoms with E-state index in [0.717, 1.165) is 31.4 Å². The van der Waals surface area contributed by atoms with E-state index in [2.05, 4.69) is 6.92 Å². The van der Waals surface area contributed by atoms with Crippen LogP contribution in [0, 0.1) is 0 Å². The summed E-state index contributed by atoms with van der Waals surface area (Å²) in [4.78, 5) is 0. The van der Waals surface area contributed by atoms with E-state index in [0.29, 0.717) is 5.56 Å². The molecule has 1 saturated heterocycles. The summed E-state index contributed by atoms with van der Waals surface area (Å²) >= 11 is 0. The second-order valence-electron chi connectivity index (χ2n) is 4.85. The molecule has 1 aliphatic rings. The summed E-state index contributed by atoms with van der Waals surface area (Å²) in [6.45, 7) is 2.07. The average molecular weight is 274 g/mol. The molecular weight excluding hydrogens is 257 g/mol. The topological polar surface area (TPSA) is 32.8 Å². The molecule has 106 valence electrons. The summed E-state index contributed by atoms with van der Waals surface area (Å²) in [7, 11) is 0. The van der Waals surface area contributed by atoms with Crippen LogP contribution in [0.5, 0.6) is 0 Å². The van der Waals surface area contributed by atoms with Crippen LogP contribution in [0.4, 0.5) is 13.2 Å². The zero-order valence-corrected chi connectivity index (χ0v) is 10.7. The molecule has 1 aromatic carbocycles. The molecule has 5 heteroatoms. The molecule has 0 aliphatic carbocycles. The van der Waals surface area contributed by atoms with E-state index < -0.39 is 17.8 Å². The maximum Gasteiger partial charge on any atom is 0.416 e. The number of hydrogen-bond acceptors (Lipinski definition) is 2. The van der Waals surface area contributed by atoms with Gasteiger partial charge in [-0.15, -0.1) is 0 Å². The molecule has 2 rings (SSSR count). The van der Waals surface area contributed by atoms with Crippen molar-refractivity contribution in [1.29, 1.82) is 0 Å². The number of unbranched alkanes of at least 4 members (excludes halogenated alkanes) is 1. The van der Waals surface area contributed by atoms with Crippen molar-refractivity contribution < 1.29 is 23.0 Å². The van der Waals surface area contributed by atoms with E-state index in [4.69, 9.17) is 4.74 Å². The second-order valence-corrected chi connectivity index (χ2v) is 4.85. The first kappa shape index (κ1) is 14.3. The Morgan fingerprint density at radius 1 is 1.26 bits per heavy atom. The third kappa shape index (κ3) is 3.48. The Morgan fingerprint density at radius 3 is 2.42 bits per heavy atom. The largest absolute Gasteiger partial charge is 0.416 e. The molecule has 19 heavy (non-hydrogen) atoms. The molecule has 1 N–H and O–H groups in total. The molecule has 1 aliphatic heterocycles. The van der Waals surface area contributed by atoms with Gasteiger partial charge >= 0.3 is 6.18 Å². The Balaban J connectivity index is 1.96. The van der Waals surface area contributed by atoms with Gasteiger partial charge in [0.25, 0.3) is 0 Å². The fourth-order valence-corrected chi connectivity index (χ4v) is 2.13. The lowest BCUT2D eigenvalue weighted by atomic mass is 10.0. The molecule has 0 unspecified atom stereocenters. The first-order valence-corrected chi connectivity index (χ1v) is 6.44. The highest BCUT2D eigenvalue weighted by atomic mass is 19.4. The minimum atomic E-state index is -4.34. The summed E-state index contributed by atoms with van der Waals surface area (Å²) in [5.74, 6) is 0. The Labute approximate surface area is 110 Å². The average Bonchev–Trinajstić information content (AvgIpc) is 3.14. The van der Waals surface area contributed by atoms with Crippen LogP contribution in [-0.2, 0) is 10.9 Å². The molecule has 0 bridgehead atoms. The smallest absolute Gasteiger partial charge is 0.386 e. The van der Waals surface area contributed by atoms with Gasteiger partial charge in [0.15, 0.2) is 0 Å². The quantitative estimate of drug-likeness (QED) is 0.830. The number of epoxide rings is 1. The number of aliphatic hydroxyl groups excluding tert-OH is 1. The molecule has 0 amide bonds. The van der Waals surface area contributed by atoms with Crippen LogP contribution in [0.15, 0.2) is 24.3 Å². The monoisotopic (exact) mass is 274 g/mol. The van der Waals surface area contributed by atoms with Crippen molar-refractivity contribution in [3.8, 4) is 0 Å². The molecule has 1 fully saturated rings. The predicted molar refractivity (Wildman–Crippen MR) is 64.6 cm³/mol. The number of benzene rings is 1. The fourth-order valence-electron chi connectivity index (χ4n) is 2.13. The minimum absolute atomic E-state index is 0.0391. The standard InChI is InChI=1S/C14H17F3O2/c1-2-3-4-11-13(19-11)12(18)9-5-7-10(8-6-9)14(15,16)17/h5-8,11-13,18H,2-4H2,1H3/t11-,12+,13+/m0/s1. The van der Waals surface area contributed by atoms with Crippen molar-refractivity contribution >= 4 is 0 Å². The van der Waals surface area contributed by atoms with Crippen molar-refractivity contribution in [2.45, 2.75) is 50.7 Å². The highest BCUT2D eigenvalue weighted by Crippen LogP contribution is 2.38. The number of ether oxygens (including phenoxy) is 1. The lowest BCUT2D eigenvalue weighted by Crippen LogP contribution is -2.10. The lowest BCUT2D eigenvalue weighted by Gasteiger charge is -2.11. The second kappa shape index (κ2) is 5.51. The third-order valence-corrected chi connectivity index (χ3v) is 3.35. The lowest BCUT2D eigenvalue weighted by molar-refractivity contribution is -0.137. The predicted octanol–water partition coefficient (Wildman–Crippen LogP) is 3.70. The maximum absolute atomic E-state index is 12.4. The summed E-state index contributed by atoms with van der Waals surface area (Å²) in [6.07, 6.45) is -2.45. The van der Waals surface area contributed by atoms with Gasteiger partial charge in [-0.05, 0) is 24.1 Å². The van der Waals surface area contributed by atoms with E-state index in [1.54, 1.807) is 0 Å². The van der Waals surface area contributed by atoms with Crippen LogP contribution in [0.25, 0.3) is 0 Å². The van der Waals surface area contributed by atoms with E-state index in [1.165, 1.54) is 12.1 Å². The molecule has 2 nitrogen and oxygen atoms in total. The SMILES string of the molecule is CCCC[C@@H]1O[C@H]1[C@H](O)c1ccc(C(F)(F)F)cc1. The Hall–Kier alpha value is -1.07. The van der Waals surface area contributed by atoms with E-state index in [1.807, 2.05) is 0 Å². The van der Waals surface area contributed by atoms with Crippen molar-refractivity contribution in [2.24, 2.45) is 0 Å². The molecule has 1 heterocycles. The Morgan fingerprint density at radius 2 is 1.89 bits per heavy atom. The number of alkyl halides is 3. The number of hydrogen-bond donors (Lipinski definition) is 1. The van der Waals surface area contributed by atoms with Crippen LogP contribution < -0.4 is 0 Å². The van der Waals surface area contributed by atoms with Crippen molar-refractivity contribution in [3.05, 3.63) is 35.4 Å². The summed E-state index contributed by atoms with van der Waals surface area (Å²) < 4.78 is 42.6. The minimum Gasteiger partial charge on any atom is -0.386 e. The van der Waals surface area contributed by atoms with Gasteiger partial charge in [-0.3, -0.25) is 0 Å².